The number of carbonyl (C=O) groups is 1. The van der Waals surface area contributed by atoms with Gasteiger partial charge in [0.2, 0.25) is 5.51 Å². The highest BCUT2D eigenvalue weighted by molar-refractivity contribution is 7.09. The maximum atomic E-state index is 12.7. The third-order valence-electron chi connectivity index (χ3n) is 7.94. The van der Waals surface area contributed by atoms with E-state index in [2.05, 4.69) is 54.3 Å². The van der Waals surface area contributed by atoms with Crippen molar-refractivity contribution in [3.63, 3.8) is 0 Å². The molecule has 0 spiro atoms. The molecule has 1 aromatic heterocycles. The number of thiazole rings is 1. The van der Waals surface area contributed by atoms with E-state index >= 15 is 0 Å². The van der Waals surface area contributed by atoms with Crippen LogP contribution in [-0.4, -0.2) is 12.6 Å². The van der Waals surface area contributed by atoms with E-state index in [4.69, 9.17) is 4.74 Å². The average molecular weight is 425 g/mol. The Kier molecular flexibility index (Phi) is 5.25. The zero-order valence-corrected chi connectivity index (χ0v) is 19.2. The number of benzene rings is 1. The summed E-state index contributed by atoms with van der Waals surface area (Å²) in [5, 5.41) is 0. The van der Waals surface area contributed by atoms with Crippen molar-refractivity contribution in [1.82, 2.24) is 0 Å². The lowest BCUT2D eigenvalue weighted by molar-refractivity contribution is -0.689. The molecule has 4 saturated carbocycles. The Morgan fingerprint density at radius 3 is 2.60 bits per heavy atom. The van der Waals surface area contributed by atoms with Gasteiger partial charge in [0.1, 0.15) is 0 Å². The molecule has 160 valence electrons. The van der Waals surface area contributed by atoms with Gasteiger partial charge in [0.05, 0.1) is 17.9 Å². The van der Waals surface area contributed by atoms with Gasteiger partial charge >= 0.3 is 5.97 Å². The molecule has 2 aromatic rings. The smallest absolute Gasteiger partial charge is 0.306 e. The van der Waals surface area contributed by atoms with E-state index in [0.29, 0.717) is 18.4 Å². The van der Waals surface area contributed by atoms with Gasteiger partial charge in [-0.2, -0.15) is 4.57 Å². The normalized spacial score (nSPS) is 31.8. The molecule has 0 unspecified atom stereocenters. The molecule has 0 N–H and O–H groups in total. The minimum atomic E-state index is 0.0342. The quantitative estimate of drug-likeness (QED) is 0.435. The largest absolute Gasteiger partial charge is 0.465 e. The van der Waals surface area contributed by atoms with Crippen molar-refractivity contribution in [3.8, 4) is 0 Å². The lowest BCUT2D eigenvalue weighted by Crippen LogP contribution is -2.51. The molecule has 2 atom stereocenters. The summed E-state index contributed by atoms with van der Waals surface area (Å²) < 4.78 is 8.06. The number of hydrogen-bond donors (Lipinski definition) is 0. The Morgan fingerprint density at radius 2 is 1.90 bits per heavy atom. The highest BCUT2D eigenvalue weighted by Crippen LogP contribution is 2.66. The zero-order valence-electron chi connectivity index (χ0n) is 18.4. The third kappa shape index (κ3) is 4.08. The molecule has 4 bridgehead atoms. The highest BCUT2D eigenvalue weighted by Gasteiger charge is 2.56. The van der Waals surface area contributed by atoms with Crippen LogP contribution in [0.3, 0.4) is 0 Å². The Hall–Kier alpha value is -1.68. The minimum Gasteiger partial charge on any atom is -0.465 e. The first kappa shape index (κ1) is 20.2. The van der Waals surface area contributed by atoms with Gasteiger partial charge < -0.3 is 4.74 Å². The summed E-state index contributed by atoms with van der Waals surface area (Å²) in [5.41, 5.74) is 5.52. The minimum absolute atomic E-state index is 0.0342. The van der Waals surface area contributed by atoms with E-state index in [0.717, 1.165) is 24.8 Å². The number of aromatic nitrogens is 1. The maximum absolute atomic E-state index is 12.7. The molecule has 0 radical (unpaired) electrons. The summed E-state index contributed by atoms with van der Waals surface area (Å²) in [4.78, 5) is 14.0. The first-order valence-electron chi connectivity index (χ1n) is 11.6. The average Bonchev–Trinajstić information content (AvgIpc) is 3.00. The van der Waals surface area contributed by atoms with Crippen molar-refractivity contribution in [1.29, 1.82) is 0 Å². The Labute approximate surface area is 184 Å². The van der Waals surface area contributed by atoms with E-state index in [-0.39, 0.29) is 11.4 Å². The second-order valence-corrected chi connectivity index (χ2v) is 11.7. The van der Waals surface area contributed by atoms with E-state index in [1.165, 1.54) is 54.7 Å². The summed E-state index contributed by atoms with van der Waals surface area (Å²) in [6.07, 6.45) is 9.42. The van der Waals surface area contributed by atoms with Crippen molar-refractivity contribution in [2.24, 2.45) is 22.7 Å². The SMILES string of the molecule is Cc1c(CCOC(=O)CC23C[C@@H]4C[C@H](CC(C)(C4)C2)C3)sc[n+]1Cc1ccccc1. The molecule has 1 aromatic carbocycles. The molecule has 4 aliphatic carbocycles. The third-order valence-corrected chi connectivity index (χ3v) is 9.08. The van der Waals surface area contributed by atoms with Gasteiger partial charge in [-0.1, -0.05) is 48.6 Å². The van der Waals surface area contributed by atoms with Crippen molar-refractivity contribution >= 4 is 17.3 Å². The topological polar surface area (TPSA) is 30.2 Å². The summed E-state index contributed by atoms with van der Waals surface area (Å²) in [6, 6.07) is 10.6. The Bertz CT molecular complexity index is 904. The molecule has 1 heterocycles. The van der Waals surface area contributed by atoms with Gasteiger partial charge in [-0.3, -0.25) is 4.79 Å². The van der Waals surface area contributed by atoms with Crippen LogP contribution in [0.1, 0.15) is 68.0 Å². The van der Waals surface area contributed by atoms with Gasteiger partial charge in [0, 0.05) is 18.9 Å². The Balaban J connectivity index is 1.14. The number of esters is 1. The maximum Gasteiger partial charge on any atom is 0.306 e. The lowest BCUT2D eigenvalue weighted by atomic mass is 9.44. The molecular weight excluding hydrogens is 390 g/mol. The van der Waals surface area contributed by atoms with Crippen LogP contribution in [0.2, 0.25) is 0 Å². The number of rotatable bonds is 7. The fraction of sp³-hybridized carbons (Fsp3) is 0.615. The molecule has 4 aliphatic rings. The van der Waals surface area contributed by atoms with Crippen LogP contribution in [0.4, 0.5) is 0 Å². The van der Waals surface area contributed by atoms with Crippen LogP contribution < -0.4 is 4.57 Å². The van der Waals surface area contributed by atoms with Crippen LogP contribution in [0.15, 0.2) is 35.8 Å². The van der Waals surface area contributed by atoms with E-state index in [1.54, 1.807) is 11.3 Å². The number of ether oxygens (including phenoxy) is 1. The zero-order chi connectivity index (χ0) is 20.8. The fourth-order valence-electron chi connectivity index (χ4n) is 7.38. The van der Waals surface area contributed by atoms with Crippen molar-refractivity contribution in [2.45, 2.75) is 71.8 Å². The fourth-order valence-corrected chi connectivity index (χ4v) is 8.35. The van der Waals surface area contributed by atoms with E-state index < -0.39 is 0 Å². The lowest BCUT2D eigenvalue weighted by Gasteiger charge is -2.61. The highest BCUT2D eigenvalue weighted by atomic mass is 32.1. The second kappa shape index (κ2) is 7.78. The van der Waals surface area contributed by atoms with E-state index in [9.17, 15) is 4.79 Å². The number of carbonyl (C=O) groups excluding carboxylic acids is 1. The van der Waals surface area contributed by atoms with Gasteiger partial charge in [0.25, 0.3) is 0 Å². The molecule has 3 nitrogen and oxygen atoms in total. The standard InChI is InChI=1S/C26H34NO2S/c1-19-23(30-18-27(19)16-20-6-4-3-5-7-20)8-9-29-24(28)15-26-13-21-10-22(14-26)12-25(2,11-21)17-26/h3-7,18,21-22H,8-17H2,1-2H3/q+1/t21-,22-,25?,26?/m1/s1. The van der Waals surface area contributed by atoms with E-state index in [1.807, 2.05) is 0 Å². The molecule has 0 aliphatic heterocycles. The predicted octanol–water partition coefficient (Wildman–Crippen LogP) is 5.47. The Morgan fingerprint density at radius 1 is 1.17 bits per heavy atom. The first-order chi connectivity index (χ1) is 14.4. The summed E-state index contributed by atoms with van der Waals surface area (Å²) in [5.74, 6) is 1.75. The summed E-state index contributed by atoms with van der Waals surface area (Å²) >= 11 is 1.77. The van der Waals surface area contributed by atoms with Gasteiger partial charge in [0.15, 0.2) is 12.2 Å². The molecule has 30 heavy (non-hydrogen) atoms. The molecule has 4 fully saturated rings. The number of nitrogens with zero attached hydrogens (tertiary/aromatic N) is 1. The van der Waals surface area contributed by atoms with Gasteiger partial charge in [-0.05, 0) is 61.2 Å². The van der Waals surface area contributed by atoms with Crippen molar-refractivity contribution in [3.05, 3.63) is 52.0 Å². The molecular formula is C26H34NO2S+. The van der Waals surface area contributed by atoms with Crippen molar-refractivity contribution in [2.75, 3.05) is 6.61 Å². The molecule has 0 amide bonds. The number of hydrogen-bond acceptors (Lipinski definition) is 3. The van der Waals surface area contributed by atoms with Gasteiger partial charge in [-0.15, -0.1) is 0 Å². The van der Waals surface area contributed by atoms with Gasteiger partial charge in [-0.25, -0.2) is 0 Å². The second-order valence-electron chi connectivity index (χ2n) is 10.8. The molecule has 0 saturated heterocycles. The van der Waals surface area contributed by atoms with Crippen LogP contribution in [0.5, 0.6) is 0 Å². The first-order valence-corrected chi connectivity index (χ1v) is 12.5. The van der Waals surface area contributed by atoms with Crippen molar-refractivity contribution < 1.29 is 14.1 Å². The summed E-state index contributed by atoms with van der Waals surface area (Å²) in [7, 11) is 0. The predicted molar refractivity (Wildman–Crippen MR) is 119 cm³/mol. The van der Waals surface area contributed by atoms with Crippen LogP contribution in [0, 0.1) is 29.6 Å². The summed E-state index contributed by atoms with van der Waals surface area (Å²) in [6.45, 7) is 6.04. The molecule has 4 heteroatoms. The van der Waals surface area contributed by atoms with Crippen LogP contribution in [-0.2, 0) is 22.5 Å². The molecule has 6 rings (SSSR count). The van der Waals surface area contributed by atoms with Crippen LogP contribution in [0.25, 0.3) is 0 Å². The monoisotopic (exact) mass is 424 g/mol. The van der Waals surface area contributed by atoms with Crippen LogP contribution >= 0.6 is 11.3 Å².